The van der Waals surface area contributed by atoms with Crippen LogP contribution in [-0.2, 0) is 9.63 Å². The Hall–Kier alpha value is -0.690. The summed E-state index contributed by atoms with van der Waals surface area (Å²) in [5.41, 5.74) is 8.29. The van der Waals surface area contributed by atoms with Gasteiger partial charge in [0.1, 0.15) is 0 Å². The zero-order chi connectivity index (χ0) is 15.6. The third-order valence-electron chi connectivity index (χ3n) is 3.96. The van der Waals surface area contributed by atoms with Gasteiger partial charge >= 0.3 is 5.97 Å². The Labute approximate surface area is 134 Å². The topological polar surface area (TPSA) is 70.8 Å². The van der Waals surface area contributed by atoms with Gasteiger partial charge in [-0.15, -0.1) is 0 Å². The fraction of sp³-hybridized carbons (Fsp3) is 0.625. The van der Waals surface area contributed by atoms with E-state index in [2.05, 4.69) is 15.3 Å². The summed E-state index contributed by atoms with van der Waals surface area (Å²) in [5.74, 6) is 0.264. The second kappa shape index (κ2) is 10.2. The van der Waals surface area contributed by atoms with Gasteiger partial charge in [0.2, 0.25) is 0 Å². The van der Waals surface area contributed by atoms with Crippen molar-refractivity contribution in [1.82, 2.24) is 15.3 Å². The van der Waals surface area contributed by atoms with Crippen LogP contribution in [0.1, 0.15) is 12.8 Å². The van der Waals surface area contributed by atoms with E-state index in [1.165, 1.54) is 0 Å². The number of nitrogens with one attached hydrogen (secondary N) is 1. The van der Waals surface area contributed by atoms with Crippen LogP contribution in [-0.4, -0.2) is 68.1 Å². The summed E-state index contributed by atoms with van der Waals surface area (Å²) in [7, 11) is 0. The van der Waals surface area contributed by atoms with Crippen LogP contribution >= 0.6 is 0 Å². The van der Waals surface area contributed by atoms with E-state index in [9.17, 15) is 4.79 Å². The molecule has 1 aliphatic heterocycles. The first-order valence-corrected chi connectivity index (χ1v) is 8.10. The van der Waals surface area contributed by atoms with Crippen molar-refractivity contribution in [2.75, 3.05) is 52.4 Å². The lowest BCUT2D eigenvalue weighted by molar-refractivity contribution is -0.147. The number of nitrogens with zero attached hydrogens (tertiary/aromatic N) is 2. The number of hydrogen-bond acceptors (Lipinski definition) is 6. The predicted octanol–water partition coefficient (Wildman–Crippen LogP) is -0.204. The van der Waals surface area contributed by atoms with Gasteiger partial charge in [-0.05, 0) is 58.2 Å². The van der Waals surface area contributed by atoms with E-state index in [0.29, 0.717) is 12.5 Å². The number of piperazine rings is 1. The van der Waals surface area contributed by atoms with E-state index in [4.69, 9.17) is 10.6 Å². The highest BCUT2D eigenvalue weighted by Crippen LogP contribution is 2.23. The van der Waals surface area contributed by atoms with Crippen LogP contribution in [0.4, 0.5) is 0 Å². The largest absolute Gasteiger partial charge is 0.370 e. The van der Waals surface area contributed by atoms with Gasteiger partial charge in [-0.2, -0.15) is 5.48 Å². The molecule has 0 aromatic heterocycles. The van der Waals surface area contributed by atoms with Gasteiger partial charge in [-0.3, -0.25) is 0 Å². The van der Waals surface area contributed by atoms with Crippen molar-refractivity contribution < 1.29 is 9.63 Å². The number of hydrogen-bond donors (Lipinski definition) is 2. The van der Waals surface area contributed by atoms with Gasteiger partial charge in [0.15, 0.2) is 0 Å². The molecule has 1 heterocycles. The number of nitrogens with two attached hydrogens (primary N) is 1. The highest BCUT2D eigenvalue weighted by Gasteiger charge is 2.26. The molecule has 1 saturated heterocycles. The molecule has 0 atom stereocenters. The van der Waals surface area contributed by atoms with E-state index in [1.54, 1.807) is 12.8 Å². The van der Waals surface area contributed by atoms with Crippen molar-refractivity contribution in [3.63, 3.8) is 0 Å². The van der Waals surface area contributed by atoms with Crippen LogP contribution in [0.15, 0.2) is 0 Å². The highest BCUT2D eigenvalue weighted by atomic mass is 16.7. The van der Waals surface area contributed by atoms with E-state index in [-0.39, 0.29) is 5.97 Å². The van der Waals surface area contributed by atoms with E-state index >= 15 is 0 Å². The molecule has 6 nitrogen and oxygen atoms in total. The van der Waals surface area contributed by atoms with Crippen molar-refractivity contribution in [3.05, 3.63) is 31.6 Å². The highest BCUT2D eigenvalue weighted by molar-refractivity contribution is 5.91. The smallest absolute Gasteiger partial charge is 0.332 e. The van der Waals surface area contributed by atoms with Crippen molar-refractivity contribution in [3.8, 4) is 0 Å². The van der Waals surface area contributed by atoms with Crippen LogP contribution < -0.4 is 11.2 Å². The molecule has 22 heavy (non-hydrogen) atoms. The minimum Gasteiger partial charge on any atom is -0.370 e. The summed E-state index contributed by atoms with van der Waals surface area (Å²) < 4.78 is 0. The molecule has 0 aromatic rings. The fourth-order valence-corrected chi connectivity index (χ4v) is 2.61. The number of hydroxylamine groups is 1. The average molecular weight is 307 g/mol. The maximum Gasteiger partial charge on any atom is 0.332 e. The molecule has 5 radical (unpaired) electrons. The van der Waals surface area contributed by atoms with Gasteiger partial charge in [0, 0.05) is 32.7 Å². The molecule has 1 aliphatic carbocycles. The molecular weight excluding hydrogens is 280 g/mol. The Morgan fingerprint density at radius 1 is 1.09 bits per heavy atom. The second-order valence-corrected chi connectivity index (χ2v) is 5.64. The standard InChI is InChI=1S/C16H27N4O2/c17-7-3-9-19-11-13-20(14-12-19)10-4-8-18-22-16(21)15-5-1-2-6-15/h1-2,5-6,18H,3-4,7-14,17H2. The Morgan fingerprint density at radius 3 is 2.27 bits per heavy atom. The van der Waals surface area contributed by atoms with Crippen LogP contribution in [0.5, 0.6) is 0 Å². The molecule has 2 aliphatic rings. The SMILES string of the molecule is NCCCN1CCN(CCCNOC(=O)[C]2[CH][CH][CH][CH]2)CC1. The van der Waals surface area contributed by atoms with E-state index in [0.717, 1.165) is 58.7 Å². The van der Waals surface area contributed by atoms with Crippen LogP contribution in [0.25, 0.3) is 0 Å². The summed E-state index contributed by atoms with van der Waals surface area (Å²) in [4.78, 5) is 21.5. The van der Waals surface area contributed by atoms with Crippen molar-refractivity contribution >= 4 is 5.97 Å². The van der Waals surface area contributed by atoms with Crippen LogP contribution in [0.2, 0.25) is 0 Å². The molecule has 0 amide bonds. The number of rotatable bonds is 9. The molecule has 2 rings (SSSR count). The first kappa shape index (κ1) is 17.7. The first-order valence-electron chi connectivity index (χ1n) is 8.10. The summed E-state index contributed by atoms with van der Waals surface area (Å²) in [6.07, 6.45) is 9.19. The molecule has 0 aromatic carbocycles. The van der Waals surface area contributed by atoms with E-state index in [1.807, 2.05) is 12.8 Å². The van der Waals surface area contributed by atoms with Gasteiger partial charge < -0.3 is 20.4 Å². The van der Waals surface area contributed by atoms with Gasteiger partial charge in [0.05, 0.1) is 5.92 Å². The molecule has 3 N–H and O–H groups in total. The first-order chi connectivity index (χ1) is 10.8. The zero-order valence-corrected chi connectivity index (χ0v) is 13.2. The third-order valence-corrected chi connectivity index (χ3v) is 3.96. The minimum atomic E-state index is -0.321. The second-order valence-electron chi connectivity index (χ2n) is 5.64. The Balaban J connectivity index is 1.45. The monoisotopic (exact) mass is 307 g/mol. The quantitative estimate of drug-likeness (QED) is 0.454. The molecule has 2 fully saturated rings. The van der Waals surface area contributed by atoms with Crippen LogP contribution in [0, 0.1) is 31.6 Å². The predicted molar refractivity (Wildman–Crippen MR) is 85.7 cm³/mol. The average Bonchev–Trinajstić information content (AvgIpc) is 3.08. The molecule has 1 saturated carbocycles. The van der Waals surface area contributed by atoms with Gasteiger partial charge in [-0.25, -0.2) is 4.79 Å². The maximum atomic E-state index is 11.6. The number of carbonyl (C=O) groups is 1. The Bertz CT molecular complexity index is 313. The van der Waals surface area contributed by atoms with Crippen molar-refractivity contribution in [2.24, 2.45) is 5.73 Å². The van der Waals surface area contributed by atoms with Gasteiger partial charge in [0.25, 0.3) is 0 Å². The molecule has 123 valence electrons. The number of carbonyl (C=O) groups excluding carboxylic acids is 1. The van der Waals surface area contributed by atoms with Gasteiger partial charge in [-0.1, -0.05) is 0 Å². The summed E-state index contributed by atoms with van der Waals surface area (Å²) in [6.45, 7) is 8.07. The lowest BCUT2D eigenvalue weighted by Gasteiger charge is -2.34. The molecular formula is C16H27N4O2. The van der Waals surface area contributed by atoms with Crippen LogP contribution in [0.3, 0.4) is 0 Å². The van der Waals surface area contributed by atoms with Crippen molar-refractivity contribution in [2.45, 2.75) is 12.8 Å². The normalized spacial score (nSPS) is 21.3. The Morgan fingerprint density at radius 2 is 1.68 bits per heavy atom. The molecule has 0 spiro atoms. The van der Waals surface area contributed by atoms with Crippen molar-refractivity contribution in [1.29, 1.82) is 0 Å². The third kappa shape index (κ3) is 6.20. The maximum absolute atomic E-state index is 11.6. The summed E-state index contributed by atoms with van der Waals surface area (Å²) in [5, 5.41) is 0. The lowest BCUT2D eigenvalue weighted by Crippen LogP contribution is -2.47. The molecule has 6 heteroatoms. The summed E-state index contributed by atoms with van der Waals surface area (Å²) >= 11 is 0. The lowest BCUT2D eigenvalue weighted by atomic mass is 10.1. The molecule has 0 bridgehead atoms. The molecule has 0 unspecified atom stereocenters. The fourth-order valence-electron chi connectivity index (χ4n) is 2.61. The van der Waals surface area contributed by atoms with E-state index < -0.39 is 0 Å². The summed E-state index contributed by atoms with van der Waals surface area (Å²) in [6, 6.07) is 0. The minimum absolute atomic E-state index is 0.321. The Kier molecular flexibility index (Phi) is 8.15. The zero-order valence-electron chi connectivity index (χ0n) is 13.2.